The van der Waals surface area contributed by atoms with Crippen molar-refractivity contribution in [3.05, 3.63) is 0 Å². The fraction of sp³-hybridized carbons (Fsp3) is 0.824. The summed E-state index contributed by atoms with van der Waals surface area (Å²) in [5.41, 5.74) is 0. The first-order chi connectivity index (χ1) is 12.0. The fourth-order valence-electron chi connectivity index (χ4n) is 3.27. The van der Waals surface area contributed by atoms with Crippen molar-refractivity contribution in [1.82, 2.24) is 20.0 Å². The monoisotopic (exact) mass is 354 g/mol. The van der Waals surface area contributed by atoms with E-state index in [2.05, 4.69) is 10.2 Å². The van der Waals surface area contributed by atoms with Crippen molar-refractivity contribution in [1.29, 1.82) is 0 Å². The van der Waals surface area contributed by atoms with Gasteiger partial charge in [0.2, 0.25) is 11.8 Å². The van der Waals surface area contributed by atoms with Crippen LogP contribution in [0.2, 0.25) is 0 Å². The number of piperidine rings is 1. The van der Waals surface area contributed by atoms with E-state index in [1.165, 1.54) is 0 Å². The Morgan fingerprint density at radius 3 is 2.20 bits per heavy atom. The van der Waals surface area contributed by atoms with Gasteiger partial charge in [-0.1, -0.05) is 0 Å². The summed E-state index contributed by atoms with van der Waals surface area (Å²) in [6.07, 6.45) is 1.74. The maximum Gasteiger partial charge on any atom is 0.409 e. The van der Waals surface area contributed by atoms with Crippen LogP contribution >= 0.6 is 0 Å². The number of carbonyl (C=O) groups is 3. The minimum absolute atomic E-state index is 0.0589. The molecule has 25 heavy (non-hydrogen) atoms. The van der Waals surface area contributed by atoms with Crippen LogP contribution in [0.1, 0.15) is 33.1 Å². The first kappa shape index (κ1) is 19.5. The maximum atomic E-state index is 12.1. The summed E-state index contributed by atoms with van der Waals surface area (Å²) >= 11 is 0. The molecule has 0 unspecified atom stereocenters. The molecule has 0 spiro atoms. The van der Waals surface area contributed by atoms with Crippen LogP contribution < -0.4 is 5.32 Å². The number of nitrogens with zero attached hydrogens (tertiary/aromatic N) is 3. The standard InChI is InChI=1S/C17H30N4O4/c1-3-25-17(24)21-8-4-15(5-9-21)18-16(23)6-7-19-10-12-20(13-11-19)14(2)22/h15H,3-13H2,1-2H3,(H,18,23). The minimum Gasteiger partial charge on any atom is -0.450 e. The smallest absolute Gasteiger partial charge is 0.409 e. The molecule has 2 heterocycles. The van der Waals surface area contributed by atoms with E-state index in [1.54, 1.807) is 18.7 Å². The minimum atomic E-state index is -0.267. The van der Waals surface area contributed by atoms with Gasteiger partial charge in [0.25, 0.3) is 0 Å². The summed E-state index contributed by atoms with van der Waals surface area (Å²) < 4.78 is 5.00. The van der Waals surface area contributed by atoms with E-state index >= 15 is 0 Å². The number of rotatable bonds is 5. The molecule has 3 amide bonds. The molecule has 0 aliphatic carbocycles. The predicted octanol–water partition coefficient (Wildman–Crippen LogP) is 0.278. The van der Waals surface area contributed by atoms with Crippen LogP contribution in [0.3, 0.4) is 0 Å². The van der Waals surface area contributed by atoms with Gasteiger partial charge in [0.05, 0.1) is 6.61 Å². The quantitative estimate of drug-likeness (QED) is 0.767. The lowest BCUT2D eigenvalue weighted by atomic mass is 10.1. The highest BCUT2D eigenvalue weighted by molar-refractivity contribution is 5.76. The van der Waals surface area contributed by atoms with Crippen molar-refractivity contribution < 1.29 is 19.1 Å². The Labute approximate surface area is 149 Å². The van der Waals surface area contributed by atoms with Crippen LogP contribution in [0, 0.1) is 0 Å². The van der Waals surface area contributed by atoms with Gasteiger partial charge in [-0.05, 0) is 19.8 Å². The highest BCUT2D eigenvalue weighted by atomic mass is 16.6. The lowest BCUT2D eigenvalue weighted by molar-refractivity contribution is -0.131. The Bertz CT molecular complexity index is 469. The lowest BCUT2D eigenvalue weighted by Crippen LogP contribution is -2.49. The number of nitrogens with one attached hydrogen (secondary N) is 1. The molecule has 142 valence electrons. The number of likely N-dealkylation sites (tertiary alicyclic amines) is 1. The normalized spacial score (nSPS) is 19.6. The molecular formula is C17H30N4O4. The van der Waals surface area contributed by atoms with Gasteiger partial charge in [0.1, 0.15) is 0 Å². The molecule has 2 rings (SSSR count). The van der Waals surface area contributed by atoms with Crippen LogP contribution in [-0.2, 0) is 14.3 Å². The average Bonchev–Trinajstić information content (AvgIpc) is 2.61. The van der Waals surface area contributed by atoms with E-state index in [0.29, 0.717) is 26.1 Å². The van der Waals surface area contributed by atoms with E-state index in [4.69, 9.17) is 4.74 Å². The zero-order valence-corrected chi connectivity index (χ0v) is 15.3. The second kappa shape index (κ2) is 9.60. The van der Waals surface area contributed by atoms with E-state index in [9.17, 15) is 14.4 Å². The third kappa shape index (κ3) is 6.19. The van der Waals surface area contributed by atoms with E-state index in [1.807, 2.05) is 4.90 Å². The fourth-order valence-corrected chi connectivity index (χ4v) is 3.27. The van der Waals surface area contributed by atoms with Gasteiger partial charge < -0.3 is 19.9 Å². The van der Waals surface area contributed by atoms with Crippen LogP contribution in [-0.4, -0.2) is 91.1 Å². The van der Waals surface area contributed by atoms with E-state index in [-0.39, 0.29) is 23.9 Å². The van der Waals surface area contributed by atoms with Crippen LogP contribution in [0.15, 0.2) is 0 Å². The van der Waals surface area contributed by atoms with Gasteiger partial charge in [-0.15, -0.1) is 0 Å². The van der Waals surface area contributed by atoms with Crippen molar-refractivity contribution in [3.8, 4) is 0 Å². The number of amides is 3. The third-order valence-electron chi connectivity index (χ3n) is 4.86. The summed E-state index contributed by atoms with van der Waals surface area (Å²) in [7, 11) is 0. The van der Waals surface area contributed by atoms with Crippen LogP contribution in [0.25, 0.3) is 0 Å². The number of piperazine rings is 1. The molecule has 1 N–H and O–H groups in total. The van der Waals surface area contributed by atoms with Gasteiger partial charge in [-0.3, -0.25) is 14.5 Å². The van der Waals surface area contributed by atoms with Gasteiger partial charge in [0.15, 0.2) is 0 Å². The van der Waals surface area contributed by atoms with Gasteiger partial charge >= 0.3 is 6.09 Å². The summed E-state index contributed by atoms with van der Waals surface area (Å²) in [4.78, 5) is 40.9. The van der Waals surface area contributed by atoms with Crippen LogP contribution in [0.5, 0.6) is 0 Å². The molecule has 0 atom stereocenters. The predicted molar refractivity (Wildman–Crippen MR) is 93.1 cm³/mol. The number of hydrogen-bond acceptors (Lipinski definition) is 5. The Hall–Kier alpha value is -1.83. The maximum absolute atomic E-state index is 12.1. The second-order valence-corrected chi connectivity index (χ2v) is 6.63. The highest BCUT2D eigenvalue weighted by Crippen LogP contribution is 2.12. The van der Waals surface area contributed by atoms with Gasteiger partial charge in [0, 0.05) is 65.2 Å². The highest BCUT2D eigenvalue weighted by Gasteiger charge is 2.25. The number of hydrogen-bond donors (Lipinski definition) is 1. The van der Waals surface area contributed by atoms with Crippen molar-refractivity contribution >= 4 is 17.9 Å². The van der Waals surface area contributed by atoms with Crippen molar-refractivity contribution in [2.75, 3.05) is 52.4 Å². The van der Waals surface area contributed by atoms with Gasteiger partial charge in [-0.2, -0.15) is 0 Å². The Kier molecular flexibility index (Phi) is 7.49. The summed E-state index contributed by atoms with van der Waals surface area (Å²) in [6.45, 7) is 8.87. The first-order valence-electron chi connectivity index (χ1n) is 9.18. The van der Waals surface area contributed by atoms with Crippen molar-refractivity contribution in [2.24, 2.45) is 0 Å². The topological polar surface area (TPSA) is 82.2 Å². The molecule has 0 aromatic heterocycles. The lowest BCUT2D eigenvalue weighted by Gasteiger charge is -2.34. The zero-order chi connectivity index (χ0) is 18.2. The zero-order valence-electron chi connectivity index (χ0n) is 15.3. The van der Waals surface area contributed by atoms with E-state index < -0.39 is 0 Å². The largest absolute Gasteiger partial charge is 0.450 e. The van der Waals surface area contributed by atoms with Crippen molar-refractivity contribution in [3.63, 3.8) is 0 Å². The molecule has 2 aliphatic heterocycles. The molecule has 8 nitrogen and oxygen atoms in total. The Morgan fingerprint density at radius 2 is 1.64 bits per heavy atom. The van der Waals surface area contributed by atoms with Crippen LogP contribution in [0.4, 0.5) is 4.79 Å². The van der Waals surface area contributed by atoms with Gasteiger partial charge in [-0.25, -0.2) is 4.79 Å². The summed E-state index contributed by atoms with van der Waals surface area (Å²) in [5.74, 6) is 0.176. The molecule has 2 aliphatic rings. The number of ether oxygens (including phenoxy) is 1. The molecule has 2 saturated heterocycles. The SMILES string of the molecule is CCOC(=O)N1CCC(NC(=O)CCN2CCN(C(C)=O)CC2)CC1. The average molecular weight is 354 g/mol. The molecule has 0 aromatic carbocycles. The molecule has 8 heteroatoms. The van der Waals surface area contributed by atoms with Crippen molar-refractivity contribution in [2.45, 2.75) is 39.2 Å². The van der Waals surface area contributed by atoms with E-state index in [0.717, 1.165) is 45.6 Å². The molecule has 0 saturated carbocycles. The summed E-state index contributed by atoms with van der Waals surface area (Å²) in [5, 5.41) is 3.07. The molecular weight excluding hydrogens is 324 g/mol. The summed E-state index contributed by atoms with van der Waals surface area (Å²) in [6, 6.07) is 0.132. The Morgan fingerprint density at radius 1 is 1.00 bits per heavy atom. The first-order valence-corrected chi connectivity index (χ1v) is 9.18. The molecule has 0 bridgehead atoms. The number of carbonyl (C=O) groups excluding carboxylic acids is 3. The molecule has 0 radical (unpaired) electrons. The molecule has 2 fully saturated rings. The molecule has 0 aromatic rings. The second-order valence-electron chi connectivity index (χ2n) is 6.63. The third-order valence-corrected chi connectivity index (χ3v) is 4.86. The Balaban J connectivity index is 1.60.